The normalized spacial score (nSPS) is 20.3. The predicted octanol–water partition coefficient (Wildman–Crippen LogP) is 2.30. The van der Waals surface area contributed by atoms with Gasteiger partial charge in [-0.05, 0) is 38.6 Å². The maximum absolute atomic E-state index is 12.7. The summed E-state index contributed by atoms with van der Waals surface area (Å²) < 4.78 is 38.1. The van der Waals surface area contributed by atoms with Crippen LogP contribution in [0.5, 0.6) is 0 Å². The van der Waals surface area contributed by atoms with Crippen LogP contribution in [0.1, 0.15) is 28.9 Å². The fourth-order valence-corrected chi connectivity index (χ4v) is 2.38. The number of aromatic carboxylic acids is 1. The lowest BCUT2D eigenvalue weighted by Gasteiger charge is -2.31. The quantitative estimate of drug-likeness (QED) is 0.897. The molecule has 0 spiro atoms. The van der Waals surface area contributed by atoms with Crippen molar-refractivity contribution in [3.8, 4) is 0 Å². The molecule has 21 heavy (non-hydrogen) atoms. The van der Waals surface area contributed by atoms with E-state index in [0.717, 1.165) is 25.5 Å². The first-order valence-corrected chi connectivity index (χ1v) is 6.54. The summed E-state index contributed by atoms with van der Waals surface area (Å²) in [7, 11) is 1.91. The van der Waals surface area contributed by atoms with E-state index in [1.807, 2.05) is 11.9 Å². The largest absolute Gasteiger partial charge is 0.478 e. The minimum atomic E-state index is -4.60. The number of rotatable bonds is 3. The van der Waals surface area contributed by atoms with Gasteiger partial charge in [-0.2, -0.15) is 13.2 Å². The Bertz CT molecular complexity index is 534. The van der Waals surface area contributed by atoms with Crippen LogP contribution in [-0.4, -0.2) is 47.1 Å². The topological polar surface area (TPSA) is 65.5 Å². The summed E-state index contributed by atoms with van der Waals surface area (Å²) in [6.45, 7) is 1.55. The van der Waals surface area contributed by atoms with Gasteiger partial charge in [0.15, 0.2) is 0 Å². The van der Waals surface area contributed by atoms with Crippen molar-refractivity contribution in [1.82, 2.24) is 9.88 Å². The van der Waals surface area contributed by atoms with Crippen molar-refractivity contribution in [3.05, 3.63) is 23.4 Å². The molecule has 1 saturated heterocycles. The van der Waals surface area contributed by atoms with Crippen LogP contribution in [0.4, 0.5) is 19.0 Å². The molecule has 1 aromatic rings. The number of likely N-dealkylation sites (tertiary alicyclic amines) is 1. The Morgan fingerprint density at radius 2 is 2.19 bits per heavy atom. The molecule has 5 nitrogen and oxygen atoms in total. The first kappa shape index (κ1) is 15.6. The minimum Gasteiger partial charge on any atom is -0.478 e. The molecular formula is C13H16F3N3O2. The maximum atomic E-state index is 12.7. The first-order chi connectivity index (χ1) is 9.77. The highest BCUT2D eigenvalue weighted by Crippen LogP contribution is 2.30. The van der Waals surface area contributed by atoms with Gasteiger partial charge in [-0.15, -0.1) is 0 Å². The molecule has 1 fully saturated rings. The molecule has 0 saturated carbocycles. The summed E-state index contributed by atoms with van der Waals surface area (Å²) >= 11 is 0. The number of halogens is 3. The summed E-state index contributed by atoms with van der Waals surface area (Å²) in [6, 6.07) is 1.51. The van der Waals surface area contributed by atoms with Gasteiger partial charge in [0.1, 0.15) is 17.1 Å². The third-order valence-electron chi connectivity index (χ3n) is 3.38. The van der Waals surface area contributed by atoms with E-state index in [-0.39, 0.29) is 17.4 Å². The molecule has 1 atom stereocenters. The van der Waals surface area contributed by atoms with E-state index < -0.39 is 17.8 Å². The summed E-state index contributed by atoms with van der Waals surface area (Å²) in [5.41, 5.74) is -1.35. The number of nitrogens with zero attached hydrogens (tertiary/aromatic N) is 2. The van der Waals surface area contributed by atoms with E-state index in [1.165, 1.54) is 0 Å². The smallest absolute Gasteiger partial charge is 0.433 e. The maximum Gasteiger partial charge on any atom is 0.433 e. The second-order valence-electron chi connectivity index (χ2n) is 5.14. The lowest BCUT2D eigenvalue weighted by Crippen LogP contribution is -2.40. The SMILES string of the molecule is CN1CCCC(Nc2nc(C(F)(F)F)ccc2C(=O)O)C1. The number of likely N-dealkylation sites (N-methyl/N-ethyl adjacent to an activating group) is 1. The number of aromatic nitrogens is 1. The average Bonchev–Trinajstić information content (AvgIpc) is 2.37. The molecule has 0 radical (unpaired) electrons. The summed E-state index contributed by atoms with van der Waals surface area (Å²) in [5.74, 6) is -1.53. The van der Waals surface area contributed by atoms with Crippen molar-refractivity contribution in [1.29, 1.82) is 0 Å². The molecule has 1 aromatic heterocycles. The standard InChI is InChI=1S/C13H16F3N3O2/c1-19-6-2-3-8(7-19)17-11-9(12(20)21)4-5-10(18-11)13(14,15)16/h4-5,8H,2-3,6-7H2,1H3,(H,17,18)(H,20,21). The minimum absolute atomic E-state index is 0.113. The molecule has 116 valence electrons. The number of anilines is 1. The Morgan fingerprint density at radius 3 is 2.76 bits per heavy atom. The van der Waals surface area contributed by atoms with Crippen molar-refractivity contribution in [2.24, 2.45) is 0 Å². The highest BCUT2D eigenvalue weighted by molar-refractivity contribution is 5.93. The molecular weight excluding hydrogens is 287 g/mol. The molecule has 2 heterocycles. The third-order valence-corrected chi connectivity index (χ3v) is 3.38. The molecule has 0 amide bonds. The Morgan fingerprint density at radius 1 is 1.48 bits per heavy atom. The molecule has 0 bridgehead atoms. The van der Waals surface area contributed by atoms with Crippen LogP contribution in [0.3, 0.4) is 0 Å². The van der Waals surface area contributed by atoms with Crippen LogP contribution in [0.15, 0.2) is 12.1 Å². The van der Waals surface area contributed by atoms with E-state index in [9.17, 15) is 18.0 Å². The van der Waals surface area contributed by atoms with Crippen LogP contribution in [-0.2, 0) is 6.18 Å². The van der Waals surface area contributed by atoms with Gasteiger partial charge >= 0.3 is 12.1 Å². The monoisotopic (exact) mass is 303 g/mol. The average molecular weight is 303 g/mol. The number of hydrogen-bond donors (Lipinski definition) is 2. The number of hydrogen-bond acceptors (Lipinski definition) is 4. The number of piperidine rings is 1. The zero-order valence-electron chi connectivity index (χ0n) is 11.4. The van der Waals surface area contributed by atoms with Crippen molar-refractivity contribution in [2.45, 2.75) is 25.1 Å². The van der Waals surface area contributed by atoms with Gasteiger partial charge in [0, 0.05) is 12.6 Å². The summed E-state index contributed by atoms with van der Waals surface area (Å²) in [4.78, 5) is 16.6. The number of pyridine rings is 1. The highest BCUT2D eigenvalue weighted by Gasteiger charge is 2.34. The van der Waals surface area contributed by atoms with Gasteiger partial charge < -0.3 is 15.3 Å². The molecule has 2 rings (SSSR count). The number of carboxylic acids is 1. The molecule has 2 N–H and O–H groups in total. The van der Waals surface area contributed by atoms with Gasteiger partial charge in [-0.1, -0.05) is 0 Å². The molecule has 1 unspecified atom stereocenters. The highest BCUT2D eigenvalue weighted by atomic mass is 19.4. The summed E-state index contributed by atoms with van der Waals surface area (Å²) in [6.07, 6.45) is -2.94. The number of nitrogens with one attached hydrogen (secondary N) is 1. The fraction of sp³-hybridized carbons (Fsp3) is 0.538. The zero-order chi connectivity index (χ0) is 15.6. The van der Waals surface area contributed by atoms with Crippen molar-refractivity contribution in [3.63, 3.8) is 0 Å². The number of carboxylic acid groups (broad SMARTS) is 1. The van der Waals surface area contributed by atoms with Crippen LogP contribution >= 0.6 is 0 Å². The van der Waals surface area contributed by atoms with Gasteiger partial charge in [0.25, 0.3) is 0 Å². The number of alkyl halides is 3. The van der Waals surface area contributed by atoms with Crippen LogP contribution in [0.2, 0.25) is 0 Å². The number of carbonyl (C=O) groups is 1. The predicted molar refractivity (Wildman–Crippen MR) is 70.3 cm³/mol. The first-order valence-electron chi connectivity index (χ1n) is 6.54. The van der Waals surface area contributed by atoms with Gasteiger partial charge in [0.05, 0.1) is 0 Å². The molecule has 8 heteroatoms. The second-order valence-corrected chi connectivity index (χ2v) is 5.14. The van der Waals surface area contributed by atoms with Gasteiger partial charge in [0.2, 0.25) is 0 Å². The van der Waals surface area contributed by atoms with E-state index in [1.54, 1.807) is 0 Å². The van der Waals surface area contributed by atoms with Crippen molar-refractivity contribution < 1.29 is 23.1 Å². The Kier molecular flexibility index (Phi) is 4.36. The second kappa shape index (κ2) is 5.88. The Balaban J connectivity index is 2.28. The molecule has 1 aliphatic rings. The lowest BCUT2D eigenvalue weighted by molar-refractivity contribution is -0.141. The fourth-order valence-electron chi connectivity index (χ4n) is 2.38. The van der Waals surface area contributed by atoms with Gasteiger partial charge in [-0.25, -0.2) is 9.78 Å². The van der Waals surface area contributed by atoms with Crippen LogP contribution in [0, 0.1) is 0 Å². The Hall–Kier alpha value is -1.83. The van der Waals surface area contributed by atoms with E-state index in [2.05, 4.69) is 10.3 Å². The van der Waals surface area contributed by atoms with Crippen LogP contribution in [0.25, 0.3) is 0 Å². The van der Waals surface area contributed by atoms with Crippen molar-refractivity contribution in [2.75, 3.05) is 25.5 Å². The molecule has 1 aliphatic heterocycles. The zero-order valence-corrected chi connectivity index (χ0v) is 11.4. The molecule has 0 aromatic carbocycles. The van der Waals surface area contributed by atoms with E-state index >= 15 is 0 Å². The van der Waals surface area contributed by atoms with Crippen molar-refractivity contribution >= 4 is 11.8 Å². The van der Waals surface area contributed by atoms with E-state index in [4.69, 9.17) is 5.11 Å². The lowest BCUT2D eigenvalue weighted by atomic mass is 10.1. The summed E-state index contributed by atoms with van der Waals surface area (Å²) in [5, 5.41) is 11.9. The third kappa shape index (κ3) is 3.84. The van der Waals surface area contributed by atoms with Crippen LogP contribution < -0.4 is 5.32 Å². The van der Waals surface area contributed by atoms with Gasteiger partial charge in [-0.3, -0.25) is 0 Å². The van der Waals surface area contributed by atoms with E-state index in [0.29, 0.717) is 12.6 Å². The Labute approximate surface area is 119 Å². The molecule has 0 aliphatic carbocycles.